The van der Waals surface area contributed by atoms with E-state index in [1.54, 1.807) is 12.1 Å². The zero-order valence-corrected chi connectivity index (χ0v) is 17.3. The molecule has 1 atom stereocenters. The van der Waals surface area contributed by atoms with Crippen molar-refractivity contribution >= 4 is 15.9 Å². The summed E-state index contributed by atoms with van der Waals surface area (Å²) in [6.45, 7) is 4.90. The molecule has 2 aromatic carbocycles. The molecule has 1 amide bonds. The summed E-state index contributed by atoms with van der Waals surface area (Å²) >= 11 is 0. The van der Waals surface area contributed by atoms with E-state index in [4.69, 9.17) is 0 Å². The summed E-state index contributed by atoms with van der Waals surface area (Å²) in [7, 11) is -3.70. The molecule has 5 nitrogen and oxygen atoms in total. The molecule has 0 spiro atoms. The third kappa shape index (κ3) is 4.62. The van der Waals surface area contributed by atoms with Crippen LogP contribution in [-0.4, -0.2) is 31.8 Å². The molecule has 1 heterocycles. The maximum absolute atomic E-state index is 13.2. The molecule has 1 unspecified atom stereocenters. The van der Waals surface area contributed by atoms with Crippen LogP contribution in [0, 0.1) is 6.92 Å². The zero-order valence-electron chi connectivity index (χ0n) is 16.5. The average molecular weight is 401 g/mol. The lowest BCUT2D eigenvalue weighted by Crippen LogP contribution is -2.43. The fourth-order valence-corrected chi connectivity index (χ4v) is 4.75. The second kappa shape index (κ2) is 8.88. The molecule has 1 aliphatic rings. The normalized spacial score (nSPS) is 17.5. The number of piperidine rings is 1. The maximum atomic E-state index is 13.2. The van der Waals surface area contributed by atoms with E-state index >= 15 is 0 Å². The quantitative estimate of drug-likeness (QED) is 0.800. The van der Waals surface area contributed by atoms with Gasteiger partial charge in [0.1, 0.15) is 0 Å². The Morgan fingerprint density at radius 3 is 2.61 bits per heavy atom. The number of nitrogens with zero attached hydrogens (tertiary/aromatic N) is 1. The third-order valence-corrected chi connectivity index (χ3v) is 6.82. The molecule has 1 N–H and O–H groups in total. The number of carbonyl (C=O) groups excluding carboxylic acids is 1. The molecule has 6 heteroatoms. The van der Waals surface area contributed by atoms with Crippen molar-refractivity contribution in [2.75, 3.05) is 6.54 Å². The number of benzene rings is 2. The Morgan fingerprint density at radius 2 is 1.89 bits per heavy atom. The molecule has 0 aromatic heterocycles. The van der Waals surface area contributed by atoms with E-state index in [9.17, 15) is 13.2 Å². The average Bonchev–Trinajstić information content (AvgIpc) is 2.72. The first-order chi connectivity index (χ1) is 13.4. The number of sulfonamides is 1. The third-order valence-electron chi connectivity index (χ3n) is 5.42. The Kier molecular flexibility index (Phi) is 6.52. The van der Waals surface area contributed by atoms with E-state index in [2.05, 4.69) is 11.6 Å². The van der Waals surface area contributed by atoms with Crippen molar-refractivity contribution in [2.24, 2.45) is 0 Å². The zero-order chi connectivity index (χ0) is 20.1. The molecule has 1 aliphatic heterocycles. The first-order valence-corrected chi connectivity index (χ1v) is 11.4. The minimum atomic E-state index is -3.70. The molecule has 28 heavy (non-hydrogen) atoms. The predicted molar refractivity (Wildman–Crippen MR) is 111 cm³/mol. The number of carbonyl (C=O) groups is 1. The van der Waals surface area contributed by atoms with E-state index in [1.165, 1.54) is 6.07 Å². The van der Waals surface area contributed by atoms with E-state index in [0.29, 0.717) is 5.56 Å². The Hall–Kier alpha value is -2.18. The van der Waals surface area contributed by atoms with Gasteiger partial charge < -0.3 is 4.90 Å². The lowest BCUT2D eigenvalue weighted by atomic mass is 9.98. The second-order valence-electron chi connectivity index (χ2n) is 7.34. The first kappa shape index (κ1) is 20.6. The highest BCUT2D eigenvalue weighted by Crippen LogP contribution is 2.24. The van der Waals surface area contributed by atoms with Gasteiger partial charge in [0.2, 0.25) is 10.0 Å². The van der Waals surface area contributed by atoms with E-state index in [1.807, 2.05) is 42.2 Å². The lowest BCUT2D eigenvalue weighted by molar-refractivity contribution is 0.0607. The molecule has 3 rings (SSSR count). The predicted octanol–water partition coefficient (Wildman–Crippen LogP) is 3.88. The van der Waals surface area contributed by atoms with Crippen LogP contribution < -0.4 is 4.72 Å². The molecule has 0 bridgehead atoms. The van der Waals surface area contributed by atoms with Crippen molar-refractivity contribution in [2.45, 2.75) is 57.0 Å². The molecule has 1 fully saturated rings. The van der Waals surface area contributed by atoms with Gasteiger partial charge in [-0.3, -0.25) is 4.79 Å². The highest BCUT2D eigenvalue weighted by atomic mass is 32.2. The summed E-state index contributed by atoms with van der Waals surface area (Å²) in [5.41, 5.74) is 2.16. The van der Waals surface area contributed by atoms with Gasteiger partial charge in [-0.1, -0.05) is 43.3 Å². The topological polar surface area (TPSA) is 66.5 Å². The number of aryl methyl sites for hydroxylation is 1. The van der Waals surface area contributed by atoms with Gasteiger partial charge in [0.15, 0.2) is 0 Å². The molecule has 0 saturated carbocycles. The van der Waals surface area contributed by atoms with Crippen LogP contribution in [0.1, 0.15) is 54.1 Å². The largest absolute Gasteiger partial charge is 0.336 e. The van der Waals surface area contributed by atoms with Crippen molar-refractivity contribution in [3.8, 4) is 0 Å². The molecular weight excluding hydrogens is 372 g/mol. The summed E-state index contributed by atoms with van der Waals surface area (Å²) in [5.74, 6) is -0.0656. The minimum Gasteiger partial charge on any atom is -0.336 e. The molecule has 0 aliphatic carbocycles. The van der Waals surface area contributed by atoms with E-state index in [0.717, 1.165) is 43.4 Å². The Bertz CT molecular complexity index is 926. The van der Waals surface area contributed by atoms with Crippen LogP contribution in [0.3, 0.4) is 0 Å². The summed E-state index contributed by atoms with van der Waals surface area (Å²) < 4.78 is 28.1. The Labute approximate surface area is 167 Å². The number of nitrogens with one attached hydrogen (secondary N) is 1. The molecule has 2 aromatic rings. The summed E-state index contributed by atoms with van der Waals surface area (Å²) in [6, 6.07) is 14.4. The highest BCUT2D eigenvalue weighted by molar-refractivity contribution is 7.89. The smallest absolute Gasteiger partial charge is 0.254 e. The SMILES string of the molecule is CCC1CCCCN1C(=O)c1cc(S(=O)(=O)NCc2ccccc2)ccc1C. The van der Waals surface area contributed by atoms with Crippen molar-refractivity contribution in [3.63, 3.8) is 0 Å². The number of hydrogen-bond donors (Lipinski definition) is 1. The van der Waals surface area contributed by atoms with Crippen LogP contribution in [-0.2, 0) is 16.6 Å². The van der Waals surface area contributed by atoms with Crippen molar-refractivity contribution in [1.82, 2.24) is 9.62 Å². The summed E-state index contributed by atoms with van der Waals surface area (Å²) in [5, 5.41) is 0. The van der Waals surface area contributed by atoms with Crippen molar-refractivity contribution in [3.05, 3.63) is 65.2 Å². The van der Waals surface area contributed by atoms with Gasteiger partial charge >= 0.3 is 0 Å². The Balaban J connectivity index is 1.83. The summed E-state index contributed by atoms with van der Waals surface area (Å²) in [4.78, 5) is 15.2. The second-order valence-corrected chi connectivity index (χ2v) is 9.11. The van der Waals surface area contributed by atoms with Crippen LogP contribution in [0.15, 0.2) is 53.4 Å². The van der Waals surface area contributed by atoms with E-state index in [-0.39, 0.29) is 23.4 Å². The van der Waals surface area contributed by atoms with E-state index < -0.39 is 10.0 Å². The van der Waals surface area contributed by atoms with Crippen LogP contribution in [0.4, 0.5) is 0 Å². The van der Waals surface area contributed by atoms with Gasteiger partial charge in [0, 0.05) is 24.7 Å². The minimum absolute atomic E-state index is 0.0656. The van der Waals surface area contributed by atoms with Gasteiger partial charge in [0.05, 0.1) is 4.90 Å². The number of amides is 1. The fraction of sp³-hybridized carbons (Fsp3) is 0.409. The van der Waals surface area contributed by atoms with Crippen LogP contribution in [0.5, 0.6) is 0 Å². The number of hydrogen-bond acceptors (Lipinski definition) is 3. The van der Waals surface area contributed by atoms with Crippen LogP contribution in [0.2, 0.25) is 0 Å². The summed E-state index contributed by atoms with van der Waals surface area (Å²) in [6.07, 6.45) is 4.07. The van der Waals surface area contributed by atoms with Gasteiger partial charge in [-0.15, -0.1) is 0 Å². The highest BCUT2D eigenvalue weighted by Gasteiger charge is 2.28. The van der Waals surface area contributed by atoms with Crippen molar-refractivity contribution < 1.29 is 13.2 Å². The standard InChI is InChI=1S/C22H28N2O3S/c1-3-19-11-7-8-14-24(19)22(25)21-15-20(13-12-17(21)2)28(26,27)23-16-18-9-5-4-6-10-18/h4-6,9-10,12-13,15,19,23H,3,7-8,11,14,16H2,1-2H3. The first-order valence-electron chi connectivity index (χ1n) is 9.87. The van der Waals surface area contributed by atoms with Gasteiger partial charge in [-0.05, 0) is 55.9 Å². The van der Waals surface area contributed by atoms with Gasteiger partial charge in [-0.2, -0.15) is 0 Å². The van der Waals surface area contributed by atoms with Crippen LogP contribution in [0.25, 0.3) is 0 Å². The monoisotopic (exact) mass is 400 g/mol. The molecule has 0 radical (unpaired) electrons. The maximum Gasteiger partial charge on any atom is 0.254 e. The van der Waals surface area contributed by atoms with Gasteiger partial charge in [-0.25, -0.2) is 13.1 Å². The molecule has 1 saturated heterocycles. The molecular formula is C22H28N2O3S. The fourth-order valence-electron chi connectivity index (χ4n) is 3.70. The lowest BCUT2D eigenvalue weighted by Gasteiger charge is -2.35. The number of rotatable bonds is 6. The Morgan fingerprint density at radius 1 is 1.14 bits per heavy atom. The molecule has 150 valence electrons. The van der Waals surface area contributed by atoms with Crippen LogP contribution >= 0.6 is 0 Å². The number of likely N-dealkylation sites (tertiary alicyclic amines) is 1. The van der Waals surface area contributed by atoms with Crippen molar-refractivity contribution in [1.29, 1.82) is 0 Å². The van der Waals surface area contributed by atoms with Gasteiger partial charge in [0.25, 0.3) is 5.91 Å².